The van der Waals surface area contributed by atoms with Gasteiger partial charge in [-0.25, -0.2) is 4.98 Å². The molecule has 1 fully saturated rings. The SMILES string of the molecule is OC[C@H]1C[C@H]2COc3c(I)ccnc3N2C1. The first-order valence-electron chi connectivity index (χ1n) is 5.44. The van der Waals surface area contributed by atoms with Crippen LogP contribution in [0.2, 0.25) is 0 Å². The summed E-state index contributed by atoms with van der Waals surface area (Å²) in [7, 11) is 0. The Morgan fingerprint density at radius 2 is 2.50 bits per heavy atom. The Balaban J connectivity index is 1.97. The minimum Gasteiger partial charge on any atom is -0.486 e. The summed E-state index contributed by atoms with van der Waals surface area (Å²) in [5.74, 6) is 2.20. The molecule has 0 aliphatic carbocycles. The molecule has 5 heteroatoms. The molecule has 86 valence electrons. The van der Waals surface area contributed by atoms with Crippen molar-refractivity contribution in [3.63, 3.8) is 0 Å². The van der Waals surface area contributed by atoms with Crippen LogP contribution < -0.4 is 9.64 Å². The highest BCUT2D eigenvalue weighted by molar-refractivity contribution is 14.1. The Morgan fingerprint density at radius 3 is 3.31 bits per heavy atom. The molecule has 2 aliphatic rings. The minimum atomic E-state index is 0.256. The highest BCUT2D eigenvalue weighted by Gasteiger charge is 2.37. The summed E-state index contributed by atoms with van der Waals surface area (Å²) in [4.78, 5) is 6.69. The molecule has 1 aromatic heterocycles. The average Bonchev–Trinajstić information content (AvgIpc) is 2.72. The number of anilines is 1. The van der Waals surface area contributed by atoms with Gasteiger partial charge in [0.25, 0.3) is 0 Å². The fourth-order valence-electron chi connectivity index (χ4n) is 2.50. The van der Waals surface area contributed by atoms with E-state index in [1.54, 1.807) is 0 Å². The van der Waals surface area contributed by atoms with Crippen molar-refractivity contribution in [3.8, 4) is 5.75 Å². The third-order valence-corrected chi connectivity index (χ3v) is 4.14. The van der Waals surface area contributed by atoms with Crippen molar-refractivity contribution < 1.29 is 9.84 Å². The molecule has 0 radical (unpaired) electrons. The van der Waals surface area contributed by atoms with Gasteiger partial charge in [-0.2, -0.15) is 0 Å². The molecule has 1 aromatic rings. The van der Waals surface area contributed by atoms with Crippen molar-refractivity contribution in [1.29, 1.82) is 0 Å². The molecule has 1 N–H and O–H groups in total. The highest BCUT2D eigenvalue weighted by atomic mass is 127. The van der Waals surface area contributed by atoms with Crippen molar-refractivity contribution in [2.24, 2.45) is 5.92 Å². The van der Waals surface area contributed by atoms with Gasteiger partial charge in [0.1, 0.15) is 6.61 Å². The topological polar surface area (TPSA) is 45.6 Å². The van der Waals surface area contributed by atoms with Crippen molar-refractivity contribution in [2.45, 2.75) is 12.5 Å². The van der Waals surface area contributed by atoms with Gasteiger partial charge in [-0.15, -0.1) is 0 Å². The number of nitrogens with zero attached hydrogens (tertiary/aromatic N) is 2. The van der Waals surface area contributed by atoms with Gasteiger partial charge in [-0.05, 0) is 35.1 Å². The molecule has 0 bridgehead atoms. The summed E-state index contributed by atoms with van der Waals surface area (Å²) in [6.45, 7) is 1.86. The van der Waals surface area contributed by atoms with Gasteiger partial charge in [0, 0.05) is 25.3 Å². The molecule has 3 heterocycles. The van der Waals surface area contributed by atoms with Gasteiger partial charge in [0.15, 0.2) is 11.6 Å². The van der Waals surface area contributed by atoms with Crippen LogP contribution in [0.4, 0.5) is 5.82 Å². The maximum absolute atomic E-state index is 9.23. The summed E-state index contributed by atoms with van der Waals surface area (Å²) >= 11 is 2.27. The molecule has 0 aromatic carbocycles. The van der Waals surface area contributed by atoms with Crippen molar-refractivity contribution in [2.75, 3.05) is 24.7 Å². The third-order valence-electron chi connectivity index (χ3n) is 3.29. The number of rotatable bonds is 1. The molecule has 0 unspecified atom stereocenters. The van der Waals surface area contributed by atoms with Crippen LogP contribution in [0.1, 0.15) is 6.42 Å². The van der Waals surface area contributed by atoms with E-state index in [4.69, 9.17) is 4.74 Å². The zero-order valence-electron chi connectivity index (χ0n) is 8.77. The Labute approximate surface area is 108 Å². The van der Waals surface area contributed by atoms with E-state index in [9.17, 15) is 5.11 Å². The molecule has 0 saturated carbocycles. The minimum absolute atomic E-state index is 0.256. The Morgan fingerprint density at radius 1 is 1.62 bits per heavy atom. The van der Waals surface area contributed by atoms with Crippen LogP contribution in [0.5, 0.6) is 5.75 Å². The quantitative estimate of drug-likeness (QED) is 0.787. The molecular formula is C11H13IN2O2. The van der Waals surface area contributed by atoms with E-state index in [2.05, 4.69) is 32.5 Å². The maximum Gasteiger partial charge on any atom is 0.175 e. The Kier molecular flexibility index (Phi) is 2.67. The first-order valence-corrected chi connectivity index (χ1v) is 6.52. The second kappa shape index (κ2) is 4.03. The number of aliphatic hydroxyl groups is 1. The number of hydrogen-bond acceptors (Lipinski definition) is 4. The Hall–Kier alpha value is -0.560. The number of ether oxygens (including phenoxy) is 1. The van der Waals surface area contributed by atoms with E-state index in [-0.39, 0.29) is 6.61 Å². The van der Waals surface area contributed by atoms with Crippen molar-refractivity contribution >= 4 is 28.4 Å². The fourth-order valence-corrected chi connectivity index (χ4v) is 3.05. The van der Waals surface area contributed by atoms with Crippen LogP contribution in [-0.2, 0) is 0 Å². The molecule has 1 saturated heterocycles. The number of halogens is 1. The summed E-state index contributed by atoms with van der Waals surface area (Å²) in [6, 6.07) is 2.34. The molecule has 3 rings (SSSR count). The standard InChI is InChI=1S/C11H13IN2O2/c12-9-1-2-13-11-10(9)16-6-8-3-7(5-15)4-14(8)11/h1-2,7-8,15H,3-6H2/t7-,8-/m0/s1. The summed E-state index contributed by atoms with van der Waals surface area (Å²) in [6.07, 6.45) is 2.82. The zero-order valence-corrected chi connectivity index (χ0v) is 10.9. The van der Waals surface area contributed by atoms with Crippen LogP contribution in [-0.4, -0.2) is 35.9 Å². The van der Waals surface area contributed by atoms with E-state index in [1.807, 2.05) is 12.3 Å². The van der Waals surface area contributed by atoms with Crippen LogP contribution in [0.15, 0.2) is 12.3 Å². The van der Waals surface area contributed by atoms with Crippen LogP contribution in [0, 0.1) is 9.49 Å². The molecule has 0 amide bonds. The summed E-state index contributed by atoms with van der Waals surface area (Å²) < 4.78 is 6.87. The third kappa shape index (κ3) is 1.57. The molecule has 2 aliphatic heterocycles. The highest BCUT2D eigenvalue weighted by Crippen LogP contribution is 2.40. The zero-order chi connectivity index (χ0) is 11.1. The normalized spacial score (nSPS) is 27.2. The molecule has 4 nitrogen and oxygen atoms in total. The second-order valence-electron chi connectivity index (χ2n) is 4.35. The number of aromatic nitrogens is 1. The van der Waals surface area contributed by atoms with E-state index < -0.39 is 0 Å². The molecule has 0 spiro atoms. The smallest absolute Gasteiger partial charge is 0.175 e. The summed E-state index contributed by atoms with van der Waals surface area (Å²) in [5.41, 5.74) is 0. The lowest BCUT2D eigenvalue weighted by molar-refractivity contribution is 0.227. The van der Waals surface area contributed by atoms with Gasteiger partial charge in [-0.3, -0.25) is 0 Å². The molecular weight excluding hydrogens is 319 g/mol. The Bertz CT molecular complexity index is 413. The lowest BCUT2D eigenvalue weighted by Gasteiger charge is -2.32. The van der Waals surface area contributed by atoms with E-state index in [0.29, 0.717) is 18.6 Å². The summed E-state index contributed by atoms with van der Waals surface area (Å²) in [5, 5.41) is 9.23. The number of fused-ring (bicyclic) bond motifs is 3. The first kappa shape index (κ1) is 10.6. The van der Waals surface area contributed by atoms with E-state index in [0.717, 1.165) is 28.1 Å². The largest absolute Gasteiger partial charge is 0.486 e. The number of aliphatic hydroxyl groups excluding tert-OH is 1. The van der Waals surface area contributed by atoms with Gasteiger partial charge in [-0.1, -0.05) is 0 Å². The lowest BCUT2D eigenvalue weighted by Crippen LogP contribution is -2.39. The second-order valence-corrected chi connectivity index (χ2v) is 5.51. The number of hydrogen-bond donors (Lipinski definition) is 1. The van der Waals surface area contributed by atoms with Gasteiger partial charge in [0.2, 0.25) is 0 Å². The van der Waals surface area contributed by atoms with E-state index >= 15 is 0 Å². The predicted molar refractivity (Wildman–Crippen MR) is 68.8 cm³/mol. The lowest BCUT2D eigenvalue weighted by atomic mass is 10.1. The fraction of sp³-hybridized carbons (Fsp3) is 0.545. The van der Waals surface area contributed by atoms with Crippen LogP contribution >= 0.6 is 22.6 Å². The average molecular weight is 332 g/mol. The predicted octanol–water partition coefficient (Wildman–Crippen LogP) is 1.27. The monoisotopic (exact) mass is 332 g/mol. The van der Waals surface area contributed by atoms with Gasteiger partial charge < -0.3 is 14.7 Å². The van der Waals surface area contributed by atoms with Gasteiger partial charge in [0.05, 0.1) is 9.61 Å². The first-order chi connectivity index (χ1) is 7.79. The molecule has 16 heavy (non-hydrogen) atoms. The van der Waals surface area contributed by atoms with Gasteiger partial charge >= 0.3 is 0 Å². The maximum atomic E-state index is 9.23. The van der Waals surface area contributed by atoms with E-state index in [1.165, 1.54) is 0 Å². The van der Waals surface area contributed by atoms with Crippen LogP contribution in [0.3, 0.4) is 0 Å². The van der Waals surface area contributed by atoms with Crippen molar-refractivity contribution in [1.82, 2.24) is 4.98 Å². The number of pyridine rings is 1. The molecule has 2 atom stereocenters. The van der Waals surface area contributed by atoms with Crippen molar-refractivity contribution in [3.05, 3.63) is 15.8 Å². The van der Waals surface area contributed by atoms with Crippen LogP contribution in [0.25, 0.3) is 0 Å².